The quantitative estimate of drug-likeness (QED) is 0.411. The number of ether oxygens (including phenoxy) is 1. The van der Waals surface area contributed by atoms with Crippen LogP contribution < -0.4 is 0 Å². The number of Topliss-reactive ketones (excluding diaryl/α,β-unsaturated/α-hetero) is 1. The maximum Gasteiger partial charge on any atom is 0.303 e. The van der Waals surface area contributed by atoms with E-state index in [4.69, 9.17) is 4.74 Å². The number of esters is 1. The van der Waals surface area contributed by atoms with Crippen molar-refractivity contribution in [1.82, 2.24) is 0 Å². The Bertz CT molecular complexity index is 786. The van der Waals surface area contributed by atoms with Crippen molar-refractivity contribution >= 4 is 17.5 Å². The number of hydrogen-bond donors (Lipinski definition) is 1. The van der Waals surface area contributed by atoms with Gasteiger partial charge in [-0.05, 0) is 87.0 Å². The molecule has 3 fully saturated rings. The van der Waals surface area contributed by atoms with E-state index in [1.165, 1.54) is 12.5 Å². The third-order valence-corrected chi connectivity index (χ3v) is 9.43. The first-order valence-corrected chi connectivity index (χ1v) is 11.3. The average Bonchev–Trinajstić information content (AvgIpc) is 2.98. The van der Waals surface area contributed by atoms with Crippen molar-refractivity contribution in [1.29, 1.82) is 0 Å². The van der Waals surface area contributed by atoms with Crippen molar-refractivity contribution in [3.63, 3.8) is 0 Å². The van der Waals surface area contributed by atoms with E-state index in [9.17, 15) is 14.8 Å². The van der Waals surface area contributed by atoms with Gasteiger partial charge in [-0.3, -0.25) is 9.59 Å². The van der Waals surface area contributed by atoms with Crippen molar-refractivity contribution in [3.05, 3.63) is 11.6 Å². The normalized spacial score (nSPS) is 47.6. The second-order valence-corrected chi connectivity index (χ2v) is 10.3. The number of carbonyl (C=O) groups is 2. The summed E-state index contributed by atoms with van der Waals surface area (Å²) >= 11 is 0. The summed E-state index contributed by atoms with van der Waals surface area (Å²) in [7, 11) is 0. The minimum atomic E-state index is -0.961. The molecule has 0 aliphatic heterocycles. The molecule has 4 aliphatic carbocycles. The minimum absolute atomic E-state index is 0.00899. The van der Waals surface area contributed by atoms with Crippen molar-refractivity contribution in [2.45, 2.75) is 78.7 Å². The van der Waals surface area contributed by atoms with Gasteiger partial charge in [0.05, 0.1) is 5.71 Å². The van der Waals surface area contributed by atoms with Gasteiger partial charge in [0.1, 0.15) is 0 Å². The third kappa shape index (κ3) is 2.75. The molecule has 0 spiro atoms. The summed E-state index contributed by atoms with van der Waals surface area (Å²) in [4.78, 5) is 24.8. The monoisotopic (exact) mass is 401 g/mol. The molecule has 160 valence electrons. The van der Waals surface area contributed by atoms with Crippen LogP contribution in [0.2, 0.25) is 0 Å². The summed E-state index contributed by atoms with van der Waals surface area (Å²) in [6.07, 6.45) is 7.64. The summed E-state index contributed by atoms with van der Waals surface area (Å²) < 4.78 is 5.87. The molecule has 4 aliphatic rings. The van der Waals surface area contributed by atoms with Gasteiger partial charge in [0.2, 0.25) is 0 Å². The Hall–Kier alpha value is -1.65. The molecule has 1 N–H and O–H groups in total. The number of rotatable bonds is 2. The Morgan fingerprint density at radius 3 is 2.52 bits per heavy atom. The van der Waals surface area contributed by atoms with Crippen LogP contribution >= 0.6 is 0 Å². The predicted molar refractivity (Wildman–Crippen MR) is 111 cm³/mol. The first-order chi connectivity index (χ1) is 13.7. The standard InChI is InChI=1S/C24H35NO4/c1-13-14(2)22-19(18-7-6-17(25-28)12-20(13)18)8-10-23(5)21(22)9-11-24(23,15(3)26)29-16(4)27/h12-14,18-19,21-22,28H,6-11H2,1-5H3/b25-17+/t13-,14+,18+,19+,21-,22+,23-,24-/m0/s1. The highest BCUT2D eigenvalue weighted by atomic mass is 16.6. The fourth-order valence-electron chi connectivity index (χ4n) is 8.00. The molecule has 0 aromatic rings. The molecule has 0 bridgehead atoms. The van der Waals surface area contributed by atoms with E-state index >= 15 is 0 Å². The summed E-state index contributed by atoms with van der Waals surface area (Å²) in [5.41, 5.74) is 1.02. The molecule has 0 aromatic carbocycles. The maximum absolute atomic E-state index is 12.8. The molecule has 5 heteroatoms. The predicted octanol–water partition coefficient (Wildman–Crippen LogP) is 4.77. The second-order valence-electron chi connectivity index (χ2n) is 10.3. The second kappa shape index (κ2) is 6.95. The lowest BCUT2D eigenvalue weighted by Crippen LogP contribution is -2.59. The molecule has 0 amide bonds. The summed E-state index contributed by atoms with van der Waals surface area (Å²) in [6, 6.07) is 0. The molecule has 0 unspecified atom stereocenters. The molecule has 0 saturated heterocycles. The topological polar surface area (TPSA) is 76.0 Å². The highest BCUT2D eigenvalue weighted by molar-refractivity contribution is 5.96. The molecule has 0 radical (unpaired) electrons. The number of fused-ring (bicyclic) bond motifs is 5. The van der Waals surface area contributed by atoms with E-state index in [2.05, 4.69) is 32.0 Å². The van der Waals surface area contributed by atoms with Crippen molar-refractivity contribution < 1.29 is 19.5 Å². The van der Waals surface area contributed by atoms with Crippen LogP contribution in [0.3, 0.4) is 0 Å². The van der Waals surface area contributed by atoms with E-state index in [0.717, 1.165) is 37.8 Å². The van der Waals surface area contributed by atoms with Gasteiger partial charge in [-0.2, -0.15) is 0 Å². The number of carbonyl (C=O) groups excluding carboxylic acids is 2. The van der Waals surface area contributed by atoms with E-state index in [1.807, 2.05) is 0 Å². The lowest BCUT2D eigenvalue weighted by molar-refractivity contribution is -0.187. The van der Waals surface area contributed by atoms with E-state index in [-0.39, 0.29) is 17.2 Å². The Balaban J connectivity index is 1.73. The fraction of sp³-hybridized carbons (Fsp3) is 0.792. The zero-order valence-electron chi connectivity index (χ0n) is 18.4. The smallest absolute Gasteiger partial charge is 0.303 e. The molecule has 4 rings (SSSR count). The van der Waals surface area contributed by atoms with Crippen molar-refractivity contribution in [2.75, 3.05) is 0 Å². The zero-order valence-corrected chi connectivity index (χ0v) is 18.4. The summed E-state index contributed by atoms with van der Waals surface area (Å²) in [5, 5.41) is 12.8. The van der Waals surface area contributed by atoms with Crippen molar-refractivity contribution in [3.8, 4) is 0 Å². The highest BCUT2D eigenvalue weighted by Crippen LogP contribution is 2.67. The summed E-state index contributed by atoms with van der Waals surface area (Å²) in [6.45, 7) is 9.91. The highest BCUT2D eigenvalue weighted by Gasteiger charge is 2.67. The fourth-order valence-corrected chi connectivity index (χ4v) is 8.00. The zero-order chi connectivity index (χ0) is 21.1. The largest absolute Gasteiger partial charge is 0.451 e. The molecular weight excluding hydrogens is 366 g/mol. The van der Waals surface area contributed by atoms with Gasteiger partial charge >= 0.3 is 5.97 Å². The SMILES string of the molecule is CC(=O)O[C@]1(C(C)=O)CC[C@H]2[C@@H]3[C@H](C)[C@H](C)C4=C/C(=N/O)CC[C@@H]4[C@H]3CC[C@@]21C. The third-order valence-electron chi connectivity index (χ3n) is 9.43. The van der Waals surface area contributed by atoms with Crippen LogP contribution in [-0.2, 0) is 14.3 Å². The van der Waals surface area contributed by atoms with E-state index in [0.29, 0.717) is 41.9 Å². The van der Waals surface area contributed by atoms with Gasteiger partial charge in [0.25, 0.3) is 0 Å². The van der Waals surface area contributed by atoms with Gasteiger partial charge < -0.3 is 9.94 Å². The summed E-state index contributed by atoms with van der Waals surface area (Å²) in [5.74, 6) is 2.67. The first kappa shape index (κ1) is 20.6. The van der Waals surface area contributed by atoms with Crippen LogP contribution in [0.4, 0.5) is 0 Å². The number of hydrogen-bond acceptors (Lipinski definition) is 5. The average molecular weight is 402 g/mol. The van der Waals surface area contributed by atoms with Crippen LogP contribution in [0.5, 0.6) is 0 Å². The van der Waals surface area contributed by atoms with Crippen LogP contribution in [0.1, 0.15) is 73.1 Å². The number of allylic oxidation sites excluding steroid dienone is 2. The van der Waals surface area contributed by atoms with E-state index < -0.39 is 5.60 Å². The van der Waals surface area contributed by atoms with Gasteiger partial charge in [-0.15, -0.1) is 0 Å². The van der Waals surface area contributed by atoms with Gasteiger partial charge in [-0.25, -0.2) is 0 Å². The lowest BCUT2D eigenvalue weighted by Gasteiger charge is -2.59. The molecule has 5 nitrogen and oxygen atoms in total. The maximum atomic E-state index is 12.8. The molecule has 3 saturated carbocycles. The molecule has 8 atom stereocenters. The first-order valence-electron chi connectivity index (χ1n) is 11.3. The number of nitrogens with zero attached hydrogens (tertiary/aromatic N) is 1. The Kier molecular flexibility index (Phi) is 4.94. The van der Waals surface area contributed by atoms with Gasteiger partial charge in [0.15, 0.2) is 11.4 Å². The van der Waals surface area contributed by atoms with Crippen LogP contribution in [0.15, 0.2) is 16.8 Å². The molecule has 0 heterocycles. The van der Waals surface area contributed by atoms with E-state index in [1.54, 1.807) is 6.92 Å². The Morgan fingerprint density at radius 1 is 1.17 bits per heavy atom. The van der Waals surface area contributed by atoms with Crippen LogP contribution in [0.25, 0.3) is 0 Å². The number of ketones is 1. The molecule has 29 heavy (non-hydrogen) atoms. The molecular formula is C24H35NO4. The minimum Gasteiger partial charge on any atom is -0.451 e. The van der Waals surface area contributed by atoms with Crippen LogP contribution in [0, 0.1) is 40.9 Å². The van der Waals surface area contributed by atoms with Crippen LogP contribution in [-0.4, -0.2) is 28.3 Å². The number of oxime groups is 1. The molecule has 0 aromatic heterocycles. The lowest BCUT2D eigenvalue weighted by atomic mass is 9.46. The Morgan fingerprint density at radius 2 is 1.90 bits per heavy atom. The van der Waals surface area contributed by atoms with Gasteiger partial charge in [0, 0.05) is 12.3 Å². The Labute approximate surface area is 174 Å². The van der Waals surface area contributed by atoms with Gasteiger partial charge in [-0.1, -0.05) is 31.5 Å². The van der Waals surface area contributed by atoms with Crippen molar-refractivity contribution in [2.24, 2.45) is 46.1 Å².